The lowest BCUT2D eigenvalue weighted by molar-refractivity contribution is -0.0337. The van der Waals surface area contributed by atoms with Gasteiger partial charge in [-0.05, 0) is 25.1 Å². The molecule has 1 aromatic rings. The Morgan fingerprint density at radius 1 is 1.40 bits per heavy atom. The zero-order chi connectivity index (χ0) is 18.6. The van der Waals surface area contributed by atoms with Crippen molar-refractivity contribution in [1.82, 2.24) is 9.55 Å². The molecular weight excluding hydrogens is 340 g/mol. The van der Waals surface area contributed by atoms with Crippen molar-refractivity contribution in [2.45, 2.75) is 70.2 Å². The third kappa shape index (κ3) is 3.40. The first-order chi connectivity index (χ1) is 11.5. The van der Waals surface area contributed by atoms with Crippen LogP contribution in [0.3, 0.4) is 0 Å². The Labute approximate surface area is 148 Å². The van der Waals surface area contributed by atoms with Gasteiger partial charge >= 0.3 is 5.69 Å². The first-order valence-corrected chi connectivity index (χ1v) is 11.6. The van der Waals surface area contributed by atoms with Gasteiger partial charge in [-0.3, -0.25) is 14.3 Å². The van der Waals surface area contributed by atoms with Crippen LogP contribution in [0.4, 0.5) is 0 Å². The van der Waals surface area contributed by atoms with E-state index in [1.54, 1.807) is 13.1 Å². The number of aromatic amines is 1. The molecule has 2 aliphatic rings. The van der Waals surface area contributed by atoms with Crippen LogP contribution in [0, 0.1) is 6.92 Å². The fourth-order valence-electron chi connectivity index (χ4n) is 2.84. The number of aryl methyl sites for hydroxylation is 1. The van der Waals surface area contributed by atoms with Crippen molar-refractivity contribution in [3.05, 3.63) is 32.6 Å². The van der Waals surface area contributed by atoms with Crippen molar-refractivity contribution >= 4 is 8.32 Å². The van der Waals surface area contributed by atoms with Crippen LogP contribution in [0.5, 0.6) is 0 Å². The molecule has 140 valence electrons. The SMILES string of the molecule is Cc1cn([C@H]2C[C@@]3(CO3)[C@@H](CO[Si](C)(C)C(C)(C)C)O2)c(=O)[nH]c1=O. The zero-order valence-electron chi connectivity index (χ0n) is 15.8. The monoisotopic (exact) mass is 368 g/mol. The highest BCUT2D eigenvalue weighted by molar-refractivity contribution is 6.74. The molecular formula is C17H28N2O5Si. The first-order valence-electron chi connectivity index (χ1n) is 8.71. The van der Waals surface area contributed by atoms with Gasteiger partial charge in [-0.15, -0.1) is 0 Å². The Kier molecular flexibility index (Phi) is 4.38. The normalized spacial score (nSPS) is 29.4. The number of aromatic nitrogens is 2. The summed E-state index contributed by atoms with van der Waals surface area (Å²) in [6.07, 6.45) is 1.49. The Morgan fingerprint density at radius 3 is 2.60 bits per heavy atom. The number of hydrogen-bond acceptors (Lipinski definition) is 5. The molecule has 0 unspecified atom stereocenters. The van der Waals surface area contributed by atoms with Crippen LogP contribution in [-0.2, 0) is 13.9 Å². The molecule has 3 heterocycles. The molecule has 2 fully saturated rings. The average molecular weight is 369 g/mol. The van der Waals surface area contributed by atoms with E-state index in [4.69, 9.17) is 13.9 Å². The summed E-state index contributed by atoms with van der Waals surface area (Å²) < 4.78 is 19.6. The molecule has 0 bridgehead atoms. The molecule has 1 N–H and O–H groups in total. The number of epoxide rings is 1. The number of hydrogen-bond donors (Lipinski definition) is 1. The highest BCUT2D eigenvalue weighted by Gasteiger charge is 2.60. The Balaban J connectivity index is 1.76. The minimum Gasteiger partial charge on any atom is -0.414 e. The van der Waals surface area contributed by atoms with E-state index in [9.17, 15) is 9.59 Å². The predicted octanol–water partition coefficient (Wildman–Crippen LogP) is 1.92. The minimum atomic E-state index is -1.89. The summed E-state index contributed by atoms with van der Waals surface area (Å²) in [5.74, 6) is 0. The van der Waals surface area contributed by atoms with Crippen molar-refractivity contribution < 1.29 is 13.9 Å². The Bertz CT molecular complexity index is 772. The number of H-pyrrole nitrogens is 1. The van der Waals surface area contributed by atoms with Crippen LogP contribution in [0.1, 0.15) is 39.0 Å². The van der Waals surface area contributed by atoms with E-state index in [1.165, 1.54) is 4.57 Å². The van der Waals surface area contributed by atoms with Crippen LogP contribution < -0.4 is 11.2 Å². The lowest BCUT2D eigenvalue weighted by atomic mass is 10.0. The van der Waals surface area contributed by atoms with E-state index in [1.807, 2.05) is 0 Å². The van der Waals surface area contributed by atoms with Gasteiger partial charge in [0.2, 0.25) is 0 Å². The van der Waals surface area contributed by atoms with Crippen molar-refractivity contribution in [3.8, 4) is 0 Å². The maximum atomic E-state index is 12.1. The van der Waals surface area contributed by atoms with E-state index < -0.39 is 20.2 Å². The topological polar surface area (TPSA) is 85.8 Å². The summed E-state index contributed by atoms with van der Waals surface area (Å²) in [5, 5.41) is 0.121. The Morgan fingerprint density at radius 2 is 2.04 bits per heavy atom. The maximum absolute atomic E-state index is 12.1. The van der Waals surface area contributed by atoms with Gasteiger partial charge in [-0.25, -0.2) is 4.79 Å². The lowest BCUT2D eigenvalue weighted by Crippen LogP contribution is -2.44. The number of ether oxygens (including phenoxy) is 2. The van der Waals surface area contributed by atoms with Crippen LogP contribution in [-0.4, -0.2) is 42.8 Å². The molecule has 25 heavy (non-hydrogen) atoms. The summed E-state index contributed by atoms with van der Waals surface area (Å²) >= 11 is 0. The number of nitrogens with one attached hydrogen (secondary N) is 1. The molecule has 1 spiro atoms. The van der Waals surface area contributed by atoms with Crippen LogP contribution in [0.2, 0.25) is 18.1 Å². The second-order valence-electron chi connectivity index (χ2n) is 8.69. The molecule has 3 atom stereocenters. The maximum Gasteiger partial charge on any atom is 0.330 e. The predicted molar refractivity (Wildman–Crippen MR) is 96.4 cm³/mol. The van der Waals surface area contributed by atoms with Gasteiger partial charge in [0.15, 0.2) is 8.32 Å². The highest BCUT2D eigenvalue weighted by atomic mass is 28.4. The molecule has 3 rings (SSSR count). The van der Waals surface area contributed by atoms with Gasteiger partial charge in [0, 0.05) is 18.2 Å². The number of nitrogens with zero attached hydrogens (tertiary/aromatic N) is 1. The lowest BCUT2D eigenvalue weighted by Gasteiger charge is -2.37. The summed E-state index contributed by atoms with van der Waals surface area (Å²) in [7, 11) is -1.89. The summed E-state index contributed by atoms with van der Waals surface area (Å²) in [5.41, 5.74) is -0.706. The van der Waals surface area contributed by atoms with Crippen molar-refractivity contribution in [2.75, 3.05) is 13.2 Å². The van der Waals surface area contributed by atoms with E-state index >= 15 is 0 Å². The first kappa shape index (κ1) is 18.6. The van der Waals surface area contributed by atoms with E-state index in [0.717, 1.165) is 0 Å². The van der Waals surface area contributed by atoms with E-state index in [2.05, 4.69) is 38.8 Å². The molecule has 0 aromatic carbocycles. The smallest absolute Gasteiger partial charge is 0.330 e. The van der Waals surface area contributed by atoms with E-state index in [0.29, 0.717) is 25.2 Å². The molecule has 0 amide bonds. The molecule has 2 saturated heterocycles. The minimum absolute atomic E-state index is 0.121. The summed E-state index contributed by atoms with van der Waals surface area (Å²) in [4.78, 5) is 26.0. The van der Waals surface area contributed by atoms with Gasteiger partial charge in [-0.1, -0.05) is 20.8 Å². The molecule has 0 radical (unpaired) electrons. The zero-order valence-corrected chi connectivity index (χ0v) is 16.8. The highest BCUT2D eigenvalue weighted by Crippen LogP contribution is 2.48. The summed E-state index contributed by atoms with van der Waals surface area (Å²) in [6, 6.07) is 0. The molecule has 1 aromatic heterocycles. The standard InChI is InChI=1S/C17H28N2O5Si/c1-11-8-19(15(21)18-14(11)20)13-7-17(10-22-17)12(24-13)9-23-25(5,6)16(2,3)4/h8,12-13H,7,9-10H2,1-6H3,(H,18,20,21)/t12-,13-,17-/m1/s1. The van der Waals surface area contributed by atoms with Crippen LogP contribution in [0.25, 0.3) is 0 Å². The fraction of sp³-hybridized carbons (Fsp3) is 0.765. The third-order valence-corrected chi connectivity index (χ3v) is 10.3. The van der Waals surface area contributed by atoms with Crippen molar-refractivity contribution in [3.63, 3.8) is 0 Å². The van der Waals surface area contributed by atoms with E-state index in [-0.39, 0.29) is 22.3 Å². The molecule has 7 nitrogen and oxygen atoms in total. The largest absolute Gasteiger partial charge is 0.414 e. The molecule has 0 saturated carbocycles. The van der Waals surface area contributed by atoms with Gasteiger partial charge in [-0.2, -0.15) is 0 Å². The van der Waals surface area contributed by atoms with Crippen molar-refractivity contribution in [1.29, 1.82) is 0 Å². The second kappa shape index (κ2) is 5.90. The second-order valence-corrected chi connectivity index (χ2v) is 13.5. The van der Waals surface area contributed by atoms with Crippen molar-refractivity contribution in [2.24, 2.45) is 0 Å². The van der Waals surface area contributed by atoms with Crippen LogP contribution >= 0.6 is 0 Å². The molecule has 2 aliphatic heterocycles. The van der Waals surface area contributed by atoms with Gasteiger partial charge in [0.05, 0.1) is 13.2 Å². The van der Waals surface area contributed by atoms with Crippen LogP contribution in [0.15, 0.2) is 15.8 Å². The quantitative estimate of drug-likeness (QED) is 0.648. The third-order valence-electron chi connectivity index (χ3n) is 5.80. The molecule has 8 heteroatoms. The van der Waals surface area contributed by atoms with Gasteiger partial charge in [0.1, 0.15) is 17.9 Å². The average Bonchev–Trinajstić information content (AvgIpc) is 3.15. The summed E-state index contributed by atoms with van der Waals surface area (Å²) in [6.45, 7) is 13.8. The number of rotatable bonds is 4. The Hall–Kier alpha value is -1.22. The fourth-order valence-corrected chi connectivity index (χ4v) is 3.84. The molecule has 0 aliphatic carbocycles. The van der Waals surface area contributed by atoms with Gasteiger partial charge < -0.3 is 13.9 Å². The van der Waals surface area contributed by atoms with Gasteiger partial charge in [0.25, 0.3) is 5.56 Å².